The number of carbonyl (C=O) groups is 1. The number of allylic oxidation sites excluding steroid dienone is 2. The van der Waals surface area contributed by atoms with Crippen molar-refractivity contribution in [3.05, 3.63) is 29.5 Å². The molecule has 0 radical (unpaired) electrons. The van der Waals surface area contributed by atoms with E-state index in [1.165, 1.54) is 6.42 Å². The summed E-state index contributed by atoms with van der Waals surface area (Å²) in [5, 5.41) is 3.09. The fourth-order valence-electron chi connectivity index (χ4n) is 5.17. The highest BCUT2D eigenvalue weighted by Gasteiger charge is 2.49. The summed E-state index contributed by atoms with van der Waals surface area (Å²) in [6, 6.07) is 2.15. The summed E-state index contributed by atoms with van der Waals surface area (Å²) in [5.41, 5.74) is 2.89. The first-order valence-electron chi connectivity index (χ1n) is 9.92. The molecule has 4 heteroatoms. The smallest absolute Gasteiger partial charge is 0.224 e. The van der Waals surface area contributed by atoms with Gasteiger partial charge in [0.2, 0.25) is 5.91 Å². The molecule has 4 unspecified atom stereocenters. The van der Waals surface area contributed by atoms with Crippen LogP contribution in [0.3, 0.4) is 0 Å². The second-order valence-electron chi connectivity index (χ2n) is 9.72. The van der Waals surface area contributed by atoms with E-state index in [-0.39, 0.29) is 11.3 Å². The van der Waals surface area contributed by atoms with Crippen molar-refractivity contribution < 1.29 is 4.79 Å². The predicted molar refractivity (Wildman–Crippen MR) is 106 cm³/mol. The molecule has 1 aliphatic heterocycles. The molecule has 1 amide bonds. The maximum atomic E-state index is 12.3. The van der Waals surface area contributed by atoms with Crippen LogP contribution in [0.1, 0.15) is 44.9 Å². The first-order valence-corrected chi connectivity index (χ1v) is 9.92. The van der Waals surface area contributed by atoms with Crippen molar-refractivity contribution in [2.24, 2.45) is 29.1 Å². The van der Waals surface area contributed by atoms with E-state index in [0.717, 1.165) is 59.5 Å². The Balaban J connectivity index is 1.49. The summed E-state index contributed by atoms with van der Waals surface area (Å²) < 4.78 is 0. The van der Waals surface area contributed by atoms with Gasteiger partial charge in [0.1, 0.15) is 5.82 Å². The number of nitrogens with zero attached hydrogens (tertiary/aromatic N) is 2. The van der Waals surface area contributed by atoms with Gasteiger partial charge in [0, 0.05) is 19.5 Å². The zero-order valence-electron chi connectivity index (χ0n) is 16.7. The van der Waals surface area contributed by atoms with Gasteiger partial charge in [-0.2, -0.15) is 0 Å². The molecule has 4 nitrogen and oxygen atoms in total. The number of fused-ring (bicyclic) bond motifs is 5. The lowest BCUT2D eigenvalue weighted by Crippen LogP contribution is -2.25. The molecule has 1 aromatic heterocycles. The molecule has 2 bridgehead atoms. The number of hydrogen-bond donors (Lipinski definition) is 1. The molecule has 1 saturated carbocycles. The van der Waals surface area contributed by atoms with E-state index < -0.39 is 0 Å². The average Bonchev–Trinajstić information content (AvgIpc) is 3.20. The molecule has 1 saturated heterocycles. The number of amides is 1. The highest BCUT2D eigenvalue weighted by molar-refractivity contribution is 5.92. The zero-order valence-corrected chi connectivity index (χ0v) is 16.7. The van der Waals surface area contributed by atoms with Crippen LogP contribution in [0, 0.1) is 42.9 Å². The van der Waals surface area contributed by atoms with Crippen LogP contribution in [-0.4, -0.2) is 24.0 Å². The Kier molecular flexibility index (Phi) is 4.13. The van der Waals surface area contributed by atoms with Gasteiger partial charge in [0.25, 0.3) is 0 Å². The lowest BCUT2D eigenvalue weighted by Gasteiger charge is -2.23. The van der Waals surface area contributed by atoms with Crippen molar-refractivity contribution in [1.82, 2.24) is 4.98 Å². The number of nitrogens with one attached hydrogen (secondary N) is 1. The molecule has 0 aromatic carbocycles. The summed E-state index contributed by atoms with van der Waals surface area (Å²) in [4.78, 5) is 19.6. The second-order valence-corrected chi connectivity index (χ2v) is 9.72. The largest absolute Gasteiger partial charge is 0.356 e. The molecule has 2 heterocycles. The molecule has 2 aliphatic carbocycles. The topological polar surface area (TPSA) is 45.2 Å². The van der Waals surface area contributed by atoms with Crippen LogP contribution in [0.4, 0.5) is 11.5 Å². The highest BCUT2D eigenvalue weighted by Crippen LogP contribution is 2.51. The van der Waals surface area contributed by atoms with E-state index in [9.17, 15) is 4.79 Å². The minimum Gasteiger partial charge on any atom is -0.356 e. The Bertz CT molecular complexity index is 718. The van der Waals surface area contributed by atoms with Gasteiger partial charge in [-0.05, 0) is 61.0 Å². The van der Waals surface area contributed by atoms with E-state index in [1.807, 2.05) is 6.92 Å². The van der Waals surface area contributed by atoms with Crippen molar-refractivity contribution in [3.8, 4) is 0 Å². The fourth-order valence-corrected chi connectivity index (χ4v) is 5.17. The summed E-state index contributed by atoms with van der Waals surface area (Å²) >= 11 is 0. The third-order valence-electron chi connectivity index (χ3n) is 6.33. The van der Waals surface area contributed by atoms with Crippen molar-refractivity contribution in [3.63, 3.8) is 0 Å². The Morgan fingerprint density at radius 1 is 1.19 bits per heavy atom. The summed E-state index contributed by atoms with van der Waals surface area (Å²) in [6.07, 6.45) is 6.76. The maximum absolute atomic E-state index is 12.3. The van der Waals surface area contributed by atoms with Crippen molar-refractivity contribution >= 4 is 17.4 Å². The minimum atomic E-state index is -0.0139. The average molecular weight is 354 g/mol. The van der Waals surface area contributed by atoms with Crippen molar-refractivity contribution in [2.45, 2.75) is 47.5 Å². The van der Waals surface area contributed by atoms with Gasteiger partial charge >= 0.3 is 0 Å². The maximum Gasteiger partial charge on any atom is 0.224 e. The summed E-state index contributed by atoms with van der Waals surface area (Å²) in [5.74, 6) is 4.32. The SMILES string of the molecule is Cc1cc(N2CC3C4C=CC(C4)C3C2)nc(C)c1NC(=O)CC(C)(C)C. The molecular weight excluding hydrogens is 322 g/mol. The predicted octanol–water partition coefficient (Wildman–Crippen LogP) is 4.33. The zero-order chi connectivity index (χ0) is 18.6. The van der Waals surface area contributed by atoms with E-state index in [4.69, 9.17) is 4.98 Å². The number of aryl methyl sites for hydroxylation is 2. The standard InChI is InChI=1S/C22H31N3O/c1-13-8-19(23-14(2)21(13)24-20(26)10-22(3,4)5)25-11-17-15-6-7-16(9-15)18(17)12-25/h6-8,15-18H,9-12H2,1-5H3,(H,24,26). The van der Waals surface area contributed by atoms with Gasteiger partial charge in [-0.1, -0.05) is 32.9 Å². The van der Waals surface area contributed by atoms with E-state index in [1.54, 1.807) is 0 Å². The monoisotopic (exact) mass is 353 g/mol. The number of carbonyl (C=O) groups excluding carboxylic acids is 1. The molecule has 26 heavy (non-hydrogen) atoms. The molecule has 3 aliphatic rings. The lowest BCUT2D eigenvalue weighted by atomic mass is 9.86. The van der Waals surface area contributed by atoms with Gasteiger partial charge in [-0.25, -0.2) is 4.98 Å². The number of rotatable bonds is 3. The van der Waals surface area contributed by atoms with Crippen LogP contribution in [0.25, 0.3) is 0 Å². The lowest BCUT2D eigenvalue weighted by molar-refractivity contribution is -0.117. The normalized spacial score (nSPS) is 29.3. The Labute approximate surface area is 157 Å². The molecule has 0 spiro atoms. The van der Waals surface area contributed by atoms with Crippen LogP contribution < -0.4 is 10.2 Å². The quantitative estimate of drug-likeness (QED) is 0.823. The number of anilines is 2. The van der Waals surface area contributed by atoms with Gasteiger partial charge in [0.15, 0.2) is 0 Å². The van der Waals surface area contributed by atoms with Crippen molar-refractivity contribution in [1.29, 1.82) is 0 Å². The Morgan fingerprint density at radius 2 is 1.81 bits per heavy atom. The van der Waals surface area contributed by atoms with E-state index >= 15 is 0 Å². The Hall–Kier alpha value is -1.84. The van der Waals surface area contributed by atoms with Crippen LogP contribution in [0.5, 0.6) is 0 Å². The molecule has 2 fully saturated rings. The number of hydrogen-bond acceptors (Lipinski definition) is 3. The van der Waals surface area contributed by atoms with E-state index in [2.05, 4.69) is 56.1 Å². The Morgan fingerprint density at radius 3 is 2.35 bits per heavy atom. The summed E-state index contributed by atoms with van der Waals surface area (Å²) in [6.45, 7) is 12.6. The third-order valence-corrected chi connectivity index (χ3v) is 6.33. The van der Waals surface area contributed by atoms with Crippen LogP contribution >= 0.6 is 0 Å². The van der Waals surface area contributed by atoms with Gasteiger partial charge in [-0.15, -0.1) is 0 Å². The molecule has 140 valence electrons. The van der Waals surface area contributed by atoms with E-state index in [0.29, 0.717) is 6.42 Å². The first-order chi connectivity index (χ1) is 12.2. The fraction of sp³-hybridized carbons (Fsp3) is 0.636. The van der Waals surface area contributed by atoms with Crippen LogP contribution in [0.2, 0.25) is 0 Å². The first kappa shape index (κ1) is 17.6. The highest BCUT2D eigenvalue weighted by atomic mass is 16.1. The minimum absolute atomic E-state index is 0.0139. The third kappa shape index (κ3) is 3.15. The number of aromatic nitrogens is 1. The van der Waals surface area contributed by atoms with Gasteiger partial charge < -0.3 is 10.2 Å². The van der Waals surface area contributed by atoms with Gasteiger partial charge in [0.05, 0.1) is 11.4 Å². The van der Waals surface area contributed by atoms with Crippen LogP contribution in [-0.2, 0) is 4.79 Å². The van der Waals surface area contributed by atoms with Crippen LogP contribution in [0.15, 0.2) is 18.2 Å². The molecule has 1 N–H and O–H groups in total. The second kappa shape index (κ2) is 6.11. The number of pyridine rings is 1. The molecule has 4 rings (SSSR count). The molecular formula is C22H31N3O. The van der Waals surface area contributed by atoms with Gasteiger partial charge in [-0.3, -0.25) is 4.79 Å². The van der Waals surface area contributed by atoms with Crippen molar-refractivity contribution in [2.75, 3.05) is 23.3 Å². The summed E-state index contributed by atoms with van der Waals surface area (Å²) in [7, 11) is 0. The molecule has 4 atom stereocenters. The molecule has 1 aromatic rings.